The zero-order valence-corrected chi connectivity index (χ0v) is 13.7. The largest absolute Gasteiger partial charge is 0.316 e. The second-order valence-electron chi connectivity index (χ2n) is 5.86. The molecule has 1 aromatic rings. The first-order chi connectivity index (χ1) is 8.95. The minimum atomic E-state index is 0.624. The molecule has 0 saturated heterocycles. The fourth-order valence-electron chi connectivity index (χ4n) is 2.24. The summed E-state index contributed by atoms with van der Waals surface area (Å²) in [6, 6.07) is 0. The molecule has 0 aliphatic heterocycles. The van der Waals surface area contributed by atoms with Gasteiger partial charge in [-0.2, -0.15) is 5.10 Å². The summed E-state index contributed by atoms with van der Waals surface area (Å²) in [5.74, 6) is 1.34. The van der Waals surface area contributed by atoms with Crippen molar-refractivity contribution in [1.29, 1.82) is 0 Å². The van der Waals surface area contributed by atoms with Gasteiger partial charge >= 0.3 is 0 Å². The van der Waals surface area contributed by atoms with Crippen LogP contribution in [0.25, 0.3) is 0 Å². The van der Waals surface area contributed by atoms with Gasteiger partial charge in [-0.25, -0.2) is 0 Å². The van der Waals surface area contributed by atoms with Gasteiger partial charge in [0.25, 0.3) is 0 Å². The molecule has 0 spiro atoms. The second kappa shape index (κ2) is 7.91. The summed E-state index contributed by atoms with van der Waals surface area (Å²) >= 11 is 6.34. The Morgan fingerprint density at radius 3 is 2.58 bits per heavy atom. The van der Waals surface area contributed by atoms with E-state index in [4.69, 9.17) is 11.6 Å². The molecule has 0 saturated carbocycles. The van der Waals surface area contributed by atoms with Crippen molar-refractivity contribution in [2.75, 3.05) is 13.1 Å². The van der Waals surface area contributed by atoms with Gasteiger partial charge in [-0.1, -0.05) is 32.4 Å². The Labute approximate surface area is 122 Å². The van der Waals surface area contributed by atoms with E-state index in [0.29, 0.717) is 11.8 Å². The van der Waals surface area contributed by atoms with Gasteiger partial charge in [0.2, 0.25) is 0 Å². The molecule has 0 fully saturated rings. The van der Waals surface area contributed by atoms with Crippen molar-refractivity contribution >= 4 is 11.6 Å². The number of aryl methyl sites for hydroxylation is 2. The van der Waals surface area contributed by atoms with Crippen LogP contribution in [-0.2, 0) is 13.0 Å². The molecular formula is C15H28ClN3. The van der Waals surface area contributed by atoms with Gasteiger partial charge in [-0.05, 0) is 51.6 Å². The first-order valence-electron chi connectivity index (χ1n) is 7.38. The zero-order valence-electron chi connectivity index (χ0n) is 13.0. The lowest BCUT2D eigenvalue weighted by atomic mass is 10.0. The highest BCUT2D eigenvalue weighted by Crippen LogP contribution is 2.23. The fraction of sp³-hybridized carbons (Fsp3) is 0.800. The third-order valence-corrected chi connectivity index (χ3v) is 3.85. The SMILES string of the molecule is CCn1nc(C)c(Cl)c1CC(C)CCNCC(C)C. The zero-order chi connectivity index (χ0) is 14.4. The number of hydrogen-bond acceptors (Lipinski definition) is 2. The van der Waals surface area contributed by atoms with Crippen molar-refractivity contribution in [2.45, 2.75) is 54.0 Å². The normalized spacial score (nSPS) is 13.2. The average Bonchev–Trinajstić information content (AvgIpc) is 2.62. The topological polar surface area (TPSA) is 29.9 Å². The van der Waals surface area contributed by atoms with Crippen LogP contribution >= 0.6 is 11.6 Å². The van der Waals surface area contributed by atoms with Crippen LogP contribution in [0.1, 0.15) is 45.5 Å². The van der Waals surface area contributed by atoms with Crippen molar-refractivity contribution in [1.82, 2.24) is 15.1 Å². The highest BCUT2D eigenvalue weighted by atomic mass is 35.5. The average molecular weight is 286 g/mol. The van der Waals surface area contributed by atoms with Crippen LogP contribution in [0.5, 0.6) is 0 Å². The van der Waals surface area contributed by atoms with Crippen molar-refractivity contribution in [3.05, 3.63) is 16.4 Å². The van der Waals surface area contributed by atoms with E-state index in [9.17, 15) is 0 Å². The van der Waals surface area contributed by atoms with E-state index in [1.54, 1.807) is 0 Å². The van der Waals surface area contributed by atoms with E-state index < -0.39 is 0 Å². The lowest BCUT2D eigenvalue weighted by Crippen LogP contribution is -2.22. The lowest BCUT2D eigenvalue weighted by molar-refractivity contribution is 0.460. The number of rotatable bonds is 8. The minimum absolute atomic E-state index is 0.624. The predicted molar refractivity (Wildman–Crippen MR) is 82.8 cm³/mol. The molecule has 0 radical (unpaired) electrons. The summed E-state index contributed by atoms with van der Waals surface area (Å²) in [5.41, 5.74) is 2.14. The van der Waals surface area contributed by atoms with Crippen molar-refractivity contribution in [3.63, 3.8) is 0 Å². The maximum absolute atomic E-state index is 6.34. The standard InChI is InChI=1S/C15H28ClN3/c1-6-19-14(15(16)13(5)18-19)9-12(4)7-8-17-10-11(2)3/h11-12,17H,6-10H2,1-5H3. The van der Waals surface area contributed by atoms with Crippen LogP contribution in [0.4, 0.5) is 0 Å². The Balaban J connectivity index is 2.46. The molecule has 1 atom stereocenters. The smallest absolute Gasteiger partial charge is 0.0847 e. The molecule has 110 valence electrons. The Morgan fingerprint density at radius 2 is 2.00 bits per heavy atom. The van der Waals surface area contributed by atoms with Gasteiger partial charge in [-0.15, -0.1) is 0 Å². The van der Waals surface area contributed by atoms with Crippen LogP contribution in [0.3, 0.4) is 0 Å². The van der Waals surface area contributed by atoms with Crippen LogP contribution in [0, 0.1) is 18.8 Å². The summed E-state index contributed by atoms with van der Waals surface area (Å²) < 4.78 is 2.04. The first-order valence-corrected chi connectivity index (χ1v) is 7.75. The Bertz CT molecular complexity index is 385. The van der Waals surface area contributed by atoms with Crippen molar-refractivity contribution in [2.24, 2.45) is 11.8 Å². The molecule has 1 rings (SSSR count). The third-order valence-electron chi connectivity index (χ3n) is 3.36. The number of nitrogens with zero attached hydrogens (tertiary/aromatic N) is 2. The molecule has 0 bridgehead atoms. The van der Waals surface area contributed by atoms with E-state index >= 15 is 0 Å². The molecule has 1 aromatic heterocycles. The number of nitrogens with one attached hydrogen (secondary N) is 1. The van der Waals surface area contributed by atoms with Crippen LogP contribution in [-0.4, -0.2) is 22.9 Å². The maximum atomic E-state index is 6.34. The van der Waals surface area contributed by atoms with Gasteiger partial charge in [0.05, 0.1) is 16.4 Å². The van der Waals surface area contributed by atoms with Gasteiger partial charge in [-0.3, -0.25) is 4.68 Å². The number of halogens is 1. The molecule has 3 nitrogen and oxygen atoms in total. The van der Waals surface area contributed by atoms with Gasteiger partial charge in [0.1, 0.15) is 0 Å². The summed E-state index contributed by atoms with van der Waals surface area (Å²) in [6.45, 7) is 13.9. The second-order valence-corrected chi connectivity index (χ2v) is 6.24. The van der Waals surface area contributed by atoms with Gasteiger partial charge in [0.15, 0.2) is 0 Å². The molecular weight excluding hydrogens is 258 g/mol. The maximum Gasteiger partial charge on any atom is 0.0847 e. The quantitative estimate of drug-likeness (QED) is 0.739. The highest BCUT2D eigenvalue weighted by molar-refractivity contribution is 6.31. The predicted octanol–water partition coefficient (Wildman–Crippen LogP) is 3.68. The molecule has 1 unspecified atom stereocenters. The van der Waals surface area contributed by atoms with Gasteiger partial charge < -0.3 is 5.32 Å². The molecule has 4 heteroatoms. The molecule has 1 heterocycles. The fourth-order valence-corrected chi connectivity index (χ4v) is 2.45. The van der Waals surface area contributed by atoms with Gasteiger partial charge in [0, 0.05) is 6.54 Å². The molecule has 1 N–H and O–H groups in total. The van der Waals surface area contributed by atoms with Crippen LogP contribution in [0.2, 0.25) is 5.02 Å². The van der Waals surface area contributed by atoms with E-state index in [1.807, 2.05) is 11.6 Å². The van der Waals surface area contributed by atoms with E-state index in [2.05, 4.69) is 38.1 Å². The number of hydrogen-bond donors (Lipinski definition) is 1. The Kier molecular flexibility index (Phi) is 6.87. The Hall–Kier alpha value is -0.540. The Morgan fingerprint density at radius 1 is 1.32 bits per heavy atom. The van der Waals surface area contributed by atoms with E-state index in [1.165, 1.54) is 12.1 Å². The monoisotopic (exact) mass is 285 g/mol. The van der Waals surface area contributed by atoms with Crippen molar-refractivity contribution in [3.8, 4) is 0 Å². The van der Waals surface area contributed by atoms with Crippen molar-refractivity contribution < 1.29 is 0 Å². The highest BCUT2D eigenvalue weighted by Gasteiger charge is 2.15. The van der Waals surface area contributed by atoms with E-state index in [0.717, 1.165) is 36.8 Å². The molecule has 0 aliphatic rings. The molecule has 19 heavy (non-hydrogen) atoms. The molecule has 0 amide bonds. The van der Waals surface area contributed by atoms with Crippen LogP contribution < -0.4 is 5.32 Å². The lowest BCUT2D eigenvalue weighted by Gasteiger charge is -2.14. The summed E-state index contributed by atoms with van der Waals surface area (Å²) in [6.07, 6.45) is 2.19. The summed E-state index contributed by atoms with van der Waals surface area (Å²) in [4.78, 5) is 0. The van der Waals surface area contributed by atoms with Crippen LogP contribution in [0.15, 0.2) is 0 Å². The third kappa shape index (κ3) is 5.15. The summed E-state index contributed by atoms with van der Waals surface area (Å²) in [5, 5.41) is 8.82. The minimum Gasteiger partial charge on any atom is -0.316 e. The first kappa shape index (κ1) is 16.5. The molecule has 0 aliphatic carbocycles. The molecule has 0 aromatic carbocycles. The summed E-state index contributed by atoms with van der Waals surface area (Å²) in [7, 11) is 0. The van der Waals surface area contributed by atoms with E-state index in [-0.39, 0.29) is 0 Å². The number of aromatic nitrogens is 2.